The van der Waals surface area contributed by atoms with E-state index in [1.807, 2.05) is 0 Å². The van der Waals surface area contributed by atoms with E-state index >= 15 is 0 Å². The Bertz CT molecular complexity index is 194. The van der Waals surface area contributed by atoms with Crippen molar-refractivity contribution in [3.8, 4) is 0 Å². The first-order chi connectivity index (χ1) is 6.59. The zero-order chi connectivity index (χ0) is 10.6. The Balaban J connectivity index is 2.20. The van der Waals surface area contributed by atoms with Crippen molar-refractivity contribution in [3.05, 3.63) is 0 Å². The second-order valence-electron chi connectivity index (χ2n) is 4.30. The summed E-state index contributed by atoms with van der Waals surface area (Å²) in [5.74, 6) is 0.551. The molecule has 4 heteroatoms. The number of rotatable bonds is 3. The maximum Gasteiger partial charge on any atom is 0.236 e. The predicted molar refractivity (Wildman–Crippen MR) is 56.9 cm³/mol. The molecule has 3 N–H and O–H groups in total. The van der Waals surface area contributed by atoms with Gasteiger partial charge in [-0.25, -0.2) is 0 Å². The first-order valence-electron chi connectivity index (χ1n) is 5.31. The Morgan fingerprint density at radius 1 is 1.71 bits per heavy atom. The van der Waals surface area contributed by atoms with Gasteiger partial charge in [0.2, 0.25) is 5.91 Å². The molecule has 0 saturated carbocycles. The quantitative estimate of drug-likeness (QED) is 0.661. The van der Waals surface area contributed by atoms with E-state index in [0.717, 1.165) is 13.1 Å². The Morgan fingerprint density at radius 2 is 2.43 bits per heavy atom. The van der Waals surface area contributed by atoms with Crippen molar-refractivity contribution in [1.29, 1.82) is 0 Å². The van der Waals surface area contributed by atoms with Gasteiger partial charge in [-0.15, -0.1) is 0 Å². The second kappa shape index (κ2) is 5.32. The standard InChI is InChI=1S/C10H21N3O/c1-8(11)10(14)12-6-9-4-3-5-13(2)7-9/h8-9H,3-7,11H2,1-2H3,(H,12,14)/t8-,9?/m0/s1. The van der Waals surface area contributed by atoms with E-state index in [0.29, 0.717) is 5.92 Å². The first kappa shape index (κ1) is 11.5. The van der Waals surface area contributed by atoms with Crippen LogP contribution in [0.1, 0.15) is 19.8 Å². The Hall–Kier alpha value is -0.610. The first-order valence-corrected chi connectivity index (χ1v) is 5.31. The second-order valence-corrected chi connectivity index (χ2v) is 4.30. The molecule has 1 amide bonds. The van der Waals surface area contributed by atoms with Gasteiger partial charge in [-0.3, -0.25) is 4.79 Å². The minimum absolute atomic E-state index is 0.0433. The van der Waals surface area contributed by atoms with Gasteiger partial charge in [0, 0.05) is 13.1 Å². The molecule has 0 aliphatic carbocycles. The van der Waals surface area contributed by atoms with E-state index in [9.17, 15) is 4.79 Å². The molecule has 2 atom stereocenters. The lowest BCUT2D eigenvalue weighted by Gasteiger charge is -2.29. The van der Waals surface area contributed by atoms with E-state index < -0.39 is 6.04 Å². The molecule has 0 spiro atoms. The normalized spacial score (nSPS) is 25.8. The highest BCUT2D eigenvalue weighted by molar-refractivity contribution is 5.80. The number of nitrogens with two attached hydrogens (primary N) is 1. The number of carbonyl (C=O) groups excluding carboxylic acids is 1. The van der Waals surface area contributed by atoms with Gasteiger partial charge in [0.25, 0.3) is 0 Å². The van der Waals surface area contributed by atoms with Crippen LogP contribution in [0.2, 0.25) is 0 Å². The number of hydrogen-bond donors (Lipinski definition) is 2. The van der Waals surface area contributed by atoms with Crippen LogP contribution in [0, 0.1) is 5.92 Å². The highest BCUT2D eigenvalue weighted by Gasteiger charge is 2.18. The van der Waals surface area contributed by atoms with Crippen molar-refractivity contribution in [2.24, 2.45) is 11.7 Å². The minimum atomic E-state index is -0.392. The highest BCUT2D eigenvalue weighted by Crippen LogP contribution is 2.13. The fourth-order valence-corrected chi connectivity index (χ4v) is 1.85. The summed E-state index contributed by atoms with van der Waals surface area (Å²) >= 11 is 0. The lowest BCUT2D eigenvalue weighted by atomic mass is 9.98. The van der Waals surface area contributed by atoms with E-state index in [-0.39, 0.29) is 5.91 Å². The molecule has 4 nitrogen and oxygen atoms in total. The van der Waals surface area contributed by atoms with Crippen LogP contribution in [-0.4, -0.2) is 43.5 Å². The van der Waals surface area contributed by atoms with E-state index in [2.05, 4.69) is 17.3 Å². The molecule has 1 saturated heterocycles. The van der Waals surface area contributed by atoms with E-state index in [4.69, 9.17) is 5.73 Å². The number of likely N-dealkylation sites (tertiary alicyclic amines) is 1. The smallest absolute Gasteiger partial charge is 0.236 e. The fourth-order valence-electron chi connectivity index (χ4n) is 1.85. The van der Waals surface area contributed by atoms with Gasteiger partial charge in [0.05, 0.1) is 6.04 Å². The molecular weight excluding hydrogens is 178 g/mol. The predicted octanol–water partition coefficient (Wildman–Crippen LogP) is -0.208. The summed E-state index contributed by atoms with van der Waals surface area (Å²) < 4.78 is 0. The van der Waals surface area contributed by atoms with Crippen molar-refractivity contribution >= 4 is 5.91 Å². The van der Waals surface area contributed by atoms with Crippen LogP contribution in [-0.2, 0) is 4.79 Å². The van der Waals surface area contributed by atoms with Gasteiger partial charge in [-0.05, 0) is 39.3 Å². The third kappa shape index (κ3) is 3.64. The third-order valence-electron chi connectivity index (χ3n) is 2.70. The Morgan fingerprint density at radius 3 is 3.00 bits per heavy atom. The fraction of sp³-hybridized carbons (Fsp3) is 0.900. The maximum absolute atomic E-state index is 11.2. The molecule has 14 heavy (non-hydrogen) atoms. The molecule has 1 unspecified atom stereocenters. The molecule has 82 valence electrons. The van der Waals surface area contributed by atoms with Gasteiger partial charge in [0.15, 0.2) is 0 Å². The number of amides is 1. The SMILES string of the molecule is C[C@H](N)C(=O)NCC1CCCN(C)C1. The molecule has 1 rings (SSSR count). The minimum Gasteiger partial charge on any atom is -0.354 e. The summed E-state index contributed by atoms with van der Waals surface area (Å²) in [6, 6.07) is -0.392. The van der Waals surface area contributed by atoms with Crippen LogP contribution in [0.3, 0.4) is 0 Å². The van der Waals surface area contributed by atoms with Crippen LogP contribution in [0.5, 0.6) is 0 Å². The number of nitrogens with one attached hydrogen (secondary N) is 1. The Kier molecular flexibility index (Phi) is 4.35. The lowest BCUT2D eigenvalue weighted by Crippen LogP contribution is -2.43. The summed E-state index contributed by atoms with van der Waals surface area (Å²) in [5, 5.41) is 2.88. The average molecular weight is 199 g/mol. The van der Waals surface area contributed by atoms with Crippen LogP contribution in [0.25, 0.3) is 0 Å². The maximum atomic E-state index is 11.2. The molecule has 0 aromatic rings. The number of piperidine rings is 1. The molecule has 0 aromatic heterocycles. The van der Waals surface area contributed by atoms with Crippen LogP contribution < -0.4 is 11.1 Å². The summed E-state index contributed by atoms with van der Waals surface area (Å²) in [6.45, 7) is 4.74. The van der Waals surface area contributed by atoms with Crippen LogP contribution >= 0.6 is 0 Å². The molecular formula is C10H21N3O. The van der Waals surface area contributed by atoms with Gasteiger partial charge in [-0.1, -0.05) is 0 Å². The Labute approximate surface area is 85.8 Å². The third-order valence-corrected chi connectivity index (χ3v) is 2.70. The topological polar surface area (TPSA) is 58.4 Å². The number of nitrogens with zero attached hydrogens (tertiary/aromatic N) is 1. The van der Waals surface area contributed by atoms with Crippen LogP contribution in [0.4, 0.5) is 0 Å². The molecule has 1 aliphatic heterocycles. The highest BCUT2D eigenvalue weighted by atomic mass is 16.2. The largest absolute Gasteiger partial charge is 0.354 e. The van der Waals surface area contributed by atoms with Gasteiger partial charge < -0.3 is 16.0 Å². The van der Waals surface area contributed by atoms with Crippen LogP contribution in [0.15, 0.2) is 0 Å². The molecule has 0 bridgehead atoms. The van der Waals surface area contributed by atoms with Crippen molar-refractivity contribution < 1.29 is 4.79 Å². The summed E-state index contributed by atoms with van der Waals surface area (Å²) in [5.41, 5.74) is 5.46. The summed E-state index contributed by atoms with van der Waals surface area (Å²) in [6.07, 6.45) is 2.44. The molecule has 0 aromatic carbocycles. The average Bonchev–Trinajstić information content (AvgIpc) is 2.14. The monoisotopic (exact) mass is 199 g/mol. The zero-order valence-electron chi connectivity index (χ0n) is 9.12. The number of carbonyl (C=O) groups is 1. The van der Waals surface area contributed by atoms with E-state index in [1.165, 1.54) is 19.4 Å². The number of hydrogen-bond acceptors (Lipinski definition) is 3. The molecule has 1 fully saturated rings. The summed E-state index contributed by atoms with van der Waals surface area (Å²) in [7, 11) is 2.12. The molecule has 1 aliphatic rings. The van der Waals surface area contributed by atoms with Gasteiger partial charge in [0.1, 0.15) is 0 Å². The van der Waals surface area contributed by atoms with Crippen molar-refractivity contribution in [2.45, 2.75) is 25.8 Å². The molecule has 1 heterocycles. The van der Waals surface area contributed by atoms with Gasteiger partial charge >= 0.3 is 0 Å². The van der Waals surface area contributed by atoms with Crippen molar-refractivity contribution in [2.75, 3.05) is 26.7 Å². The summed E-state index contributed by atoms with van der Waals surface area (Å²) in [4.78, 5) is 13.5. The lowest BCUT2D eigenvalue weighted by molar-refractivity contribution is -0.122. The van der Waals surface area contributed by atoms with Crippen molar-refractivity contribution in [1.82, 2.24) is 10.2 Å². The van der Waals surface area contributed by atoms with Gasteiger partial charge in [-0.2, -0.15) is 0 Å². The molecule has 0 radical (unpaired) electrons. The zero-order valence-corrected chi connectivity index (χ0v) is 9.12. The van der Waals surface area contributed by atoms with Crippen molar-refractivity contribution in [3.63, 3.8) is 0 Å². The van der Waals surface area contributed by atoms with E-state index in [1.54, 1.807) is 6.92 Å².